The summed E-state index contributed by atoms with van der Waals surface area (Å²) in [5.74, 6) is 0.811. The van der Waals surface area contributed by atoms with Crippen LogP contribution in [0.4, 0.5) is 0 Å². The van der Waals surface area contributed by atoms with E-state index in [4.69, 9.17) is 0 Å². The Morgan fingerprint density at radius 2 is 2.07 bits per heavy atom. The van der Waals surface area contributed by atoms with Gasteiger partial charge in [-0.25, -0.2) is 0 Å². The molecule has 2 atom stereocenters. The van der Waals surface area contributed by atoms with Crippen molar-refractivity contribution in [3.8, 4) is 0 Å². The predicted octanol–water partition coefficient (Wildman–Crippen LogP) is 1.39. The molecule has 0 aliphatic carbocycles. The summed E-state index contributed by atoms with van der Waals surface area (Å²) in [5, 5.41) is 2.98. The third-order valence-electron chi connectivity index (χ3n) is 3.84. The van der Waals surface area contributed by atoms with Crippen molar-refractivity contribution < 1.29 is 4.79 Å². The topological polar surface area (TPSA) is 32.3 Å². The van der Waals surface area contributed by atoms with Gasteiger partial charge in [0.15, 0.2) is 0 Å². The highest BCUT2D eigenvalue weighted by molar-refractivity contribution is 5.72. The molecule has 2 aliphatic heterocycles. The number of rotatable bonds is 2. The molecule has 2 rings (SSSR count). The molecule has 2 saturated heterocycles. The van der Waals surface area contributed by atoms with E-state index >= 15 is 0 Å². The van der Waals surface area contributed by atoms with Crippen molar-refractivity contribution >= 4 is 5.91 Å². The minimum Gasteiger partial charge on any atom is -0.356 e. The van der Waals surface area contributed by atoms with E-state index in [1.165, 1.54) is 45.2 Å². The van der Waals surface area contributed by atoms with Gasteiger partial charge in [-0.15, -0.1) is 0 Å². The Morgan fingerprint density at radius 1 is 1.27 bits per heavy atom. The van der Waals surface area contributed by atoms with Gasteiger partial charge >= 0.3 is 0 Å². The van der Waals surface area contributed by atoms with Crippen molar-refractivity contribution in [1.29, 1.82) is 0 Å². The van der Waals surface area contributed by atoms with Gasteiger partial charge in [0, 0.05) is 19.5 Å². The number of amides is 1. The Morgan fingerprint density at radius 3 is 2.87 bits per heavy atom. The minimum absolute atomic E-state index is 0.114. The zero-order chi connectivity index (χ0) is 10.7. The predicted molar refractivity (Wildman–Crippen MR) is 60.6 cm³/mol. The Balaban J connectivity index is 1.88. The third-order valence-corrected chi connectivity index (χ3v) is 3.84. The van der Waals surface area contributed by atoms with E-state index in [0.29, 0.717) is 5.92 Å². The summed E-state index contributed by atoms with van der Waals surface area (Å²) in [6.07, 6.45) is 6.67. The van der Waals surface area contributed by atoms with Crippen molar-refractivity contribution in [3.63, 3.8) is 0 Å². The lowest BCUT2D eigenvalue weighted by Crippen LogP contribution is -2.50. The first-order chi connectivity index (χ1) is 7.27. The molecule has 3 nitrogen and oxygen atoms in total. The summed E-state index contributed by atoms with van der Waals surface area (Å²) in [6.45, 7) is 5.06. The second-order valence-electron chi connectivity index (χ2n) is 4.94. The van der Waals surface area contributed by atoms with Crippen LogP contribution in [0.5, 0.6) is 0 Å². The maximum absolute atomic E-state index is 10.9. The second kappa shape index (κ2) is 4.97. The van der Waals surface area contributed by atoms with Gasteiger partial charge in [-0.3, -0.25) is 4.79 Å². The van der Waals surface area contributed by atoms with Crippen LogP contribution < -0.4 is 5.32 Å². The lowest BCUT2D eigenvalue weighted by Gasteiger charge is -2.44. The van der Waals surface area contributed by atoms with Gasteiger partial charge in [-0.05, 0) is 44.7 Å². The number of nitrogens with zero attached hydrogens (tertiary/aromatic N) is 1. The van der Waals surface area contributed by atoms with Crippen LogP contribution in [0.15, 0.2) is 0 Å². The lowest BCUT2D eigenvalue weighted by molar-refractivity contribution is -0.119. The number of piperidine rings is 2. The summed E-state index contributed by atoms with van der Waals surface area (Å²) in [4.78, 5) is 13.6. The van der Waals surface area contributed by atoms with E-state index in [1.807, 2.05) is 0 Å². The van der Waals surface area contributed by atoms with Gasteiger partial charge in [0.05, 0.1) is 0 Å². The van der Waals surface area contributed by atoms with Gasteiger partial charge in [-0.1, -0.05) is 6.42 Å². The monoisotopic (exact) mass is 210 g/mol. The lowest BCUT2D eigenvalue weighted by atomic mass is 9.83. The number of fused-ring (bicyclic) bond motifs is 1. The molecule has 2 aliphatic rings. The molecule has 2 heterocycles. The smallest absolute Gasteiger partial charge is 0.216 e. The van der Waals surface area contributed by atoms with Crippen molar-refractivity contribution in [3.05, 3.63) is 0 Å². The van der Waals surface area contributed by atoms with Crippen LogP contribution in [-0.4, -0.2) is 36.5 Å². The Bertz CT molecular complexity index is 228. The standard InChI is InChI=1S/C12H22N2O/c1-10(15)13-9-11-5-4-8-14-7-3-2-6-12(11)14/h11-12H,2-9H2,1H3,(H,13,15)/t11-,12-/m1/s1. The zero-order valence-corrected chi connectivity index (χ0v) is 9.67. The summed E-state index contributed by atoms with van der Waals surface area (Å²) in [5.41, 5.74) is 0. The highest BCUT2D eigenvalue weighted by Gasteiger charge is 2.32. The van der Waals surface area contributed by atoms with Crippen molar-refractivity contribution in [2.45, 2.75) is 45.1 Å². The van der Waals surface area contributed by atoms with E-state index in [2.05, 4.69) is 10.2 Å². The van der Waals surface area contributed by atoms with Crippen LogP contribution in [0.25, 0.3) is 0 Å². The summed E-state index contributed by atoms with van der Waals surface area (Å²) < 4.78 is 0. The van der Waals surface area contributed by atoms with Crippen molar-refractivity contribution in [2.24, 2.45) is 5.92 Å². The molecule has 1 amide bonds. The van der Waals surface area contributed by atoms with Crippen LogP contribution in [0, 0.1) is 5.92 Å². The Labute approximate surface area is 92.2 Å². The number of hydrogen-bond acceptors (Lipinski definition) is 2. The molecule has 1 N–H and O–H groups in total. The molecule has 86 valence electrons. The summed E-state index contributed by atoms with van der Waals surface area (Å²) in [7, 11) is 0. The first-order valence-corrected chi connectivity index (χ1v) is 6.26. The van der Waals surface area contributed by atoms with E-state index in [-0.39, 0.29) is 5.91 Å². The summed E-state index contributed by atoms with van der Waals surface area (Å²) in [6, 6.07) is 0.749. The number of carbonyl (C=O) groups excluding carboxylic acids is 1. The van der Waals surface area contributed by atoms with Crippen molar-refractivity contribution in [2.75, 3.05) is 19.6 Å². The summed E-state index contributed by atoms with van der Waals surface area (Å²) >= 11 is 0. The fourth-order valence-corrected chi connectivity index (χ4v) is 3.09. The fourth-order valence-electron chi connectivity index (χ4n) is 3.09. The molecular weight excluding hydrogens is 188 g/mol. The average molecular weight is 210 g/mol. The van der Waals surface area contributed by atoms with Gasteiger partial charge in [0.2, 0.25) is 5.91 Å². The highest BCUT2D eigenvalue weighted by Crippen LogP contribution is 2.30. The highest BCUT2D eigenvalue weighted by atomic mass is 16.1. The van der Waals surface area contributed by atoms with Gasteiger partial charge < -0.3 is 10.2 Å². The van der Waals surface area contributed by atoms with Gasteiger partial charge in [0.25, 0.3) is 0 Å². The average Bonchev–Trinajstić information content (AvgIpc) is 2.26. The van der Waals surface area contributed by atoms with Crippen LogP contribution in [0.3, 0.4) is 0 Å². The van der Waals surface area contributed by atoms with E-state index < -0.39 is 0 Å². The van der Waals surface area contributed by atoms with Gasteiger partial charge in [-0.2, -0.15) is 0 Å². The maximum Gasteiger partial charge on any atom is 0.216 e. The molecule has 0 bridgehead atoms. The molecule has 0 aromatic heterocycles. The maximum atomic E-state index is 10.9. The first-order valence-electron chi connectivity index (χ1n) is 6.26. The largest absolute Gasteiger partial charge is 0.356 e. The van der Waals surface area contributed by atoms with Crippen LogP contribution in [0.2, 0.25) is 0 Å². The molecule has 15 heavy (non-hydrogen) atoms. The molecule has 3 heteroatoms. The minimum atomic E-state index is 0.114. The quantitative estimate of drug-likeness (QED) is 0.747. The number of nitrogens with one attached hydrogen (secondary N) is 1. The molecule has 0 aromatic rings. The van der Waals surface area contributed by atoms with E-state index in [9.17, 15) is 4.79 Å². The second-order valence-corrected chi connectivity index (χ2v) is 4.94. The molecular formula is C12H22N2O. The number of carbonyl (C=O) groups is 1. The normalized spacial score (nSPS) is 32.1. The zero-order valence-electron chi connectivity index (χ0n) is 9.67. The van der Waals surface area contributed by atoms with E-state index in [1.54, 1.807) is 6.92 Å². The van der Waals surface area contributed by atoms with Crippen LogP contribution in [-0.2, 0) is 4.79 Å². The molecule has 0 unspecified atom stereocenters. The molecule has 0 saturated carbocycles. The molecule has 0 spiro atoms. The Kier molecular flexibility index (Phi) is 3.62. The first kappa shape index (κ1) is 10.9. The van der Waals surface area contributed by atoms with Crippen molar-refractivity contribution in [1.82, 2.24) is 10.2 Å². The Hall–Kier alpha value is -0.570. The van der Waals surface area contributed by atoms with Crippen LogP contribution in [0.1, 0.15) is 39.0 Å². The molecule has 0 radical (unpaired) electrons. The molecule has 2 fully saturated rings. The third kappa shape index (κ3) is 2.71. The van der Waals surface area contributed by atoms with E-state index in [0.717, 1.165) is 12.6 Å². The number of hydrogen-bond donors (Lipinski definition) is 1. The fraction of sp³-hybridized carbons (Fsp3) is 0.917. The molecule has 0 aromatic carbocycles. The van der Waals surface area contributed by atoms with Crippen LogP contribution >= 0.6 is 0 Å². The van der Waals surface area contributed by atoms with Gasteiger partial charge in [0.1, 0.15) is 0 Å². The SMILES string of the molecule is CC(=O)NC[C@H]1CCCN2CCCC[C@H]12.